The van der Waals surface area contributed by atoms with E-state index < -0.39 is 12.1 Å². The van der Waals surface area contributed by atoms with Gasteiger partial charge in [0.1, 0.15) is 0 Å². The number of nitrogens with zero attached hydrogens (tertiary/aromatic N) is 2. The number of ether oxygens (including phenoxy) is 2. The molecule has 1 spiro atoms. The van der Waals surface area contributed by atoms with Crippen LogP contribution in [0.15, 0.2) is 24.5 Å². The summed E-state index contributed by atoms with van der Waals surface area (Å²) in [6.45, 7) is 2.17. The lowest BCUT2D eigenvalue weighted by molar-refractivity contribution is -0.192. The van der Waals surface area contributed by atoms with Gasteiger partial charge in [-0.3, -0.25) is 9.78 Å². The van der Waals surface area contributed by atoms with Crippen molar-refractivity contribution in [3.8, 4) is 0 Å². The Morgan fingerprint density at radius 3 is 2.30 bits per heavy atom. The van der Waals surface area contributed by atoms with Gasteiger partial charge in [-0.25, -0.2) is 4.79 Å². The minimum Gasteiger partial charge on any atom is -0.475 e. The van der Waals surface area contributed by atoms with E-state index in [1.54, 1.807) is 31.6 Å². The molecular weight excluding hydrogens is 369 g/mol. The molecule has 0 saturated carbocycles. The fraction of sp³-hybridized carbons (Fsp3) is 0.588. The van der Waals surface area contributed by atoms with E-state index in [9.17, 15) is 18.0 Å². The number of hydrogen-bond acceptors (Lipinski definition) is 5. The molecule has 2 saturated heterocycles. The Bertz CT molecular complexity index is 646. The molecule has 1 N–H and O–H groups in total. The molecule has 27 heavy (non-hydrogen) atoms. The van der Waals surface area contributed by atoms with Gasteiger partial charge in [-0.05, 0) is 25.0 Å². The number of carboxylic acid groups (broad SMARTS) is 1. The zero-order valence-corrected chi connectivity index (χ0v) is 14.7. The third-order valence-electron chi connectivity index (χ3n) is 4.64. The molecule has 10 heteroatoms. The minimum atomic E-state index is -5.08. The summed E-state index contributed by atoms with van der Waals surface area (Å²) in [5.74, 6) is -2.67. The van der Waals surface area contributed by atoms with Gasteiger partial charge in [-0.2, -0.15) is 13.2 Å². The third-order valence-corrected chi connectivity index (χ3v) is 4.64. The van der Waals surface area contributed by atoms with Crippen LogP contribution in [0.4, 0.5) is 13.2 Å². The maximum absolute atomic E-state index is 12.4. The van der Waals surface area contributed by atoms with E-state index in [-0.39, 0.29) is 17.6 Å². The molecular formula is C17H21F3N2O5. The van der Waals surface area contributed by atoms with Gasteiger partial charge in [0.15, 0.2) is 0 Å². The average Bonchev–Trinajstić information content (AvgIpc) is 3.05. The second-order valence-corrected chi connectivity index (χ2v) is 6.39. The molecule has 2 fully saturated rings. The number of hydrogen-bond donors (Lipinski definition) is 1. The standard InChI is InChI=1S/C15H20N2O3.C2HF3O2/c1-19-13-10-15(20-11-13)4-8-17(9-5-15)14(18)12-2-6-16-7-3-12;3-2(4,5)1(6)7/h2-3,6-7,13H,4-5,8-11H2,1H3;(H,6,7). The zero-order chi connectivity index (χ0) is 20.1. The molecule has 0 aromatic carbocycles. The first-order chi connectivity index (χ1) is 12.7. The summed E-state index contributed by atoms with van der Waals surface area (Å²) in [7, 11) is 1.73. The lowest BCUT2D eigenvalue weighted by Crippen LogP contribution is -2.46. The second-order valence-electron chi connectivity index (χ2n) is 6.39. The zero-order valence-electron chi connectivity index (χ0n) is 14.7. The van der Waals surface area contributed by atoms with Crippen LogP contribution >= 0.6 is 0 Å². The highest BCUT2D eigenvalue weighted by molar-refractivity contribution is 5.94. The number of piperidine rings is 1. The van der Waals surface area contributed by atoms with Crippen LogP contribution in [0.3, 0.4) is 0 Å². The Balaban J connectivity index is 0.000000321. The van der Waals surface area contributed by atoms with E-state index >= 15 is 0 Å². The highest BCUT2D eigenvalue weighted by atomic mass is 19.4. The fourth-order valence-electron chi connectivity index (χ4n) is 3.10. The van der Waals surface area contributed by atoms with Crippen molar-refractivity contribution in [2.24, 2.45) is 0 Å². The Labute approximate surface area is 154 Å². The van der Waals surface area contributed by atoms with E-state index in [0.717, 1.165) is 32.4 Å². The summed E-state index contributed by atoms with van der Waals surface area (Å²) in [6, 6.07) is 3.53. The monoisotopic (exact) mass is 390 g/mol. The van der Waals surface area contributed by atoms with Crippen LogP contribution in [0.25, 0.3) is 0 Å². The van der Waals surface area contributed by atoms with Gasteiger partial charge in [-0.15, -0.1) is 0 Å². The van der Waals surface area contributed by atoms with Crippen molar-refractivity contribution in [2.75, 3.05) is 26.8 Å². The van der Waals surface area contributed by atoms with Gasteiger partial charge in [0.2, 0.25) is 0 Å². The fourth-order valence-corrected chi connectivity index (χ4v) is 3.10. The second kappa shape index (κ2) is 8.66. The van der Waals surface area contributed by atoms with E-state index in [2.05, 4.69) is 4.98 Å². The number of halogens is 3. The van der Waals surface area contributed by atoms with Crippen LogP contribution in [0.5, 0.6) is 0 Å². The SMILES string of the molecule is COC1COC2(CCN(C(=O)c3ccncc3)CC2)C1.O=C(O)C(F)(F)F. The summed E-state index contributed by atoms with van der Waals surface area (Å²) in [4.78, 5) is 27.1. The predicted octanol–water partition coefficient (Wildman–Crippen LogP) is 2.12. The van der Waals surface area contributed by atoms with E-state index in [1.165, 1.54) is 0 Å². The van der Waals surface area contributed by atoms with Crippen molar-refractivity contribution < 1.29 is 37.3 Å². The van der Waals surface area contributed by atoms with E-state index in [0.29, 0.717) is 12.2 Å². The smallest absolute Gasteiger partial charge is 0.475 e. The van der Waals surface area contributed by atoms with Crippen LogP contribution in [0.2, 0.25) is 0 Å². The first-order valence-corrected chi connectivity index (χ1v) is 8.33. The number of pyridine rings is 1. The molecule has 3 heterocycles. The first-order valence-electron chi connectivity index (χ1n) is 8.33. The van der Waals surface area contributed by atoms with Gasteiger partial charge in [-0.1, -0.05) is 0 Å². The van der Waals surface area contributed by atoms with Gasteiger partial charge < -0.3 is 19.5 Å². The van der Waals surface area contributed by atoms with Crippen molar-refractivity contribution in [2.45, 2.75) is 37.1 Å². The first kappa shape index (κ1) is 21.1. The number of amides is 1. The molecule has 0 bridgehead atoms. The predicted molar refractivity (Wildman–Crippen MR) is 87.2 cm³/mol. The molecule has 1 unspecified atom stereocenters. The van der Waals surface area contributed by atoms with E-state index in [4.69, 9.17) is 19.4 Å². The highest BCUT2D eigenvalue weighted by Crippen LogP contribution is 2.37. The van der Waals surface area contributed by atoms with Crippen molar-refractivity contribution in [3.05, 3.63) is 30.1 Å². The molecule has 1 aromatic rings. The molecule has 0 aliphatic carbocycles. The molecule has 1 aromatic heterocycles. The molecule has 150 valence electrons. The number of alkyl halides is 3. The van der Waals surface area contributed by atoms with Crippen LogP contribution in [0.1, 0.15) is 29.6 Å². The summed E-state index contributed by atoms with van der Waals surface area (Å²) in [5, 5.41) is 7.12. The van der Waals surface area contributed by atoms with Gasteiger partial charge in [0.05, 0.1) is 18.3 Å². The maximum atomic E-state index is 12.4. The number of methoxy groups -OCH3 is 1. The molecule has 1 amide bonds. The Morgan fingerprint density at radius 2 is 1.85 bits per heavy atom. The topological polar surface area (TPSA) is 89.0 Å². The van der Waals surface area contributed by atoms with Crippen molar-refractivity contribution in [1.82, 2.24) is 9.88 Å². The molecule has 0 radical (unpaired) electrons. The normalized spacial score (nSPS) is 21.5. The highest BCUT2D eigenvalue weighted by Gasteiger charge is 2.43. The molecule has 1 atom stereocenters. The number of carbonyl (C=O) groups is 2. The van der Waals surface area contributed by atoms with Gasteiger partial charge in [0.25, 0.3) is 5.91 Å². The molecule has 7 nitrogen and oxygen atoms in total. The number of aliphatic carboxylic acids is 1. The van der Waals surface area contributed by atoms with Gasteiger partial charge >= 0.3 is 12.1 Å². The van der Waals surface area contributed by atoms with E-state index in [1.807, 2.05) is 4.90 Å². The third kappa shape index (κ3) is 5.64. The quantitative estimate of drug-likeness (QED) is 0.832. The Hall–Kier alpha value is -2.20. The average molecular weight is 390 g/mol. The van der Waals surface area contributed by atoms with Crippen LogP contribution in [-0.2, 0) is 14.3 Å². The van der Waals surface area contributed by atoms with Crippen molar-refractivity contribution in [1.29, 1.82) is 0 Å². The molecule has 3 rings (SSSR count). The summed E-state index contributed by atoms with van der Waals surface area (Å²) >= 11 is 0. The summed E-state index contributed by atoms with van der Waals surface area (Å²) in [5.41, 5.74) is 0.633. The summed E-state index contributed by atoms with van der Waals surface area (Å²) < 4.78 is 43.1. The number of likely N-dealkylation sites (tertiary alicyclic amines) is 1. The lowest BCUT2D eigenvalue weighted by atomic mass is 9.88. The maximum Gasteiger partial charge on any atom is 0.490 e. The minimum absolute atomic E-state index is 0.0737. The van der Waals surface area contributed by atoms with Crippen LogP contribution in [-0.4, -0.2) is 71.6 Å². The van der Waals surface area contributed by atoms with Crippen molar-refractivity contribution >= 4 is 11.9 Å². The Kier molecular flexibility index (Phi) is 6.77. The Morgan fingerprint density at radius 1 is 1.30 bits per heavy atom. The number of carboxylic acids is 1. The lowest BCUT2D eigenvalue weighted by Gasteiger charge is -2.38. The van der Waals surface area contributed by atoms with Crippen molar-refractivity contribution in [3.63, 3.8) is 0 Å². The summed E-state index contributed by atoms with van der Waals surface area (Å²) in [6.07, 6.45) is 1.16. The largest absolute Gasteiger partial charge is 0.490 e. The van der Waals surface area contributed by atoms with Crippen LogP contribution < -0.4 is 0 Å². The van der Waals surface area contributed by atoms with Gasteiger partial charge in [0, 0.05) is 44.6 Å². The number of carbonyl (C=O) groups excluding carboxylic acids is 1. The number of aromatic nitrogens is 1. The van der Waals surface area contributed by atoms with Crippen LogP contribution in [0, 0.1) is 0 Å². The number of rotatable bonds is 2. The molecule has 2 aliphatic rings. The molecule has 2 aliphatic heterocycles.